The van der Waals surface area contributed by atoms with Crippen molar-refractivity contribution in [3.05, 3.63) is 35.9 Å². The zero-order valence-electron chi connectivity index (χ0n) is 14.1. The van der Waals surface area contributed by atoms with Crippen molar-refractivity contribution in [3.63, 3.8) is 0 Å². The van der Waals surface area contributed by atoms with Gasteiger partial charge >= 0.3 is 0 Å². The second kappa shape index (κ2) is 10.2. The second-order valence-electron chi connectivity index (χ2n) is 6.25. The van der Waals surface area contributed by atoms with Crippen molar-refractivity contribution < 1.29 is 14.0 Å². The molecular formula is C17H28O3SSi. The van der Waals surface area contributed by atoms with E-state index in [1.165, 1.54) is 11.8 Å². The van der Waals surface area contributed by atoms with Gasteiger partial charge in [-0.15, -0.1) is 0 Å². The third kappa shape index (κ3) is 8.73. The zero-order chi connectivity index (χ0) is 16.4. The van der Waals surface area contributed by atoms with Crippen LogP contribution in [0.3, 0.4) is 0 Å². The van der Waals surface area contributed by atoms with Crippen LogP contribution in [0.4, 0.5) is 0 Å². The van der Waals surface area contributed by atoms with Crippen molar-refractivity contribution in [2.45, 2.75) is 45.5 Å². The van der Waals surface area contributed by atoms with Gasteiger partial charge in [-0.05, 0) is 26.1 Å². The fraction of sp³-hybridized carbons (Fsp3) is 0.588. The normalized spacial score (nSPS) is 13.1. The number of thioether (sulfide) groups is 1. The van der Waals surface area contributed by atoms with E-state index >= 15 is 0 Å². The van der Waals surface area contributed by atoms with Crippen LogP contribution in [0.5, 0.6) is 0 Å². The molecule has 0 aliphatic rings. The summed E-state index contributed by atoms with van der Waals surface area (Å²) >= 11 is 1.32. The van der Waals surface area contributed by atoms with E-state index in [9.17, 15) is 4.79 Å². The highest BCUT2D eigenvalue weighted by Gasteiger charge is 2.22. The second-order valence-corrected chi connectivity index (χ2v) is 11.7. The largest absolute Gasteiger partial charge is 0.412 e. The van der Waals surface area contributed by atoms with Gasteiger partial charge in [0.05, 0.1) is 12.7 Å². The molecule has 0 saturated heterocycles. The summed E-state index contributed by atoms with van der Waals surface area (Å²) in [7, 11) is -1.64. The van der Waals surface area contributed by atoms with E-state index in [4.69, 9.17) is 9.16 Å². The number of benzene rings is 1. The smallest absolute Gasteiger partial charge is 0.219 e. The van der Waals surface area contributed by atoms with Gasteiger partial charge in [0.1, 0.15) is 0 Å². The molecular weight excluding hydrogens is 312 g/mol. The number of ether oxygens (including phenoxy) is 1. The third-order valence-corrected chi connectivity index (χ3v) is 4.95. The Balaban J connectivity index is 2.47. The van der Waals surface area contributed by atoms with Crippen molar-refractivity contribution in [1.29, 1.82) is 0 Å². The molecule has 0 radical (unpaired) electrons. The SMILES string of the molecule is CCCCOCC(CSC(=O)c1ccccc1)O[Si](C)(C)C. The van der Waals surface area contributed by atoms with Crippen LogP contribution in [0.1, 0.15) is 30.1 Å². The molecule has 0 aliphatic carbocycles. The van der Waals surface area contributed by atoms with Crippen molar-refractivity contribution in [1.82, 2.24) is 0 Å². The molecule has 0 heterocycles. The molecule has 0 fully saturated rings. The van der Waals surface area contributed by atoms with E-state index < -0.39 is 8.32 Å². The Bertz CT molecular complexity index is 431. The molecule has 0 amide bonds. The fourth-order valence-corrected chi connectivity index (χ4v) is 3.98. The minimum Gasteiger partial charge on any atom is -0.412 e. The lowest BCUT2D eigenvalue weighted by Crippen LogP contribution is -2.36. The quantitative estimate of drug-likeness (QED) is 0.461. The topological polar surface area (TPSA) is 35.5 Å². The summed E-state index contributed by atoms with van der Waals surface area (Å²) in [5.41, 5.74) is 0.742. The van der Waals surface area contributed by atoms with Crippen molar-refractivity contribution in [2.75, 3.05) is 19.0 Å². The first kappa shape index (κ1) is 19.4. The minimum atomic E-state index is -1.64. The van der Waals surface area contributed by atoms with Gasteiger partial charge in [0.15, 0.2) is 8.32 Å². The van der Waals surface area contributed by atoms with E-state index in [1.807, 2.05) is 30.3 Å². The molecule has 0 aromatic heterocycles. The lowest BCUT2D eigenvalue weighted by Gasteiger charge is -2.26. The first-order valence-electron chi connectivity index (χ1n) is 7.90. The molecule has 0 spiro atoms. The number of carbonyl (C=O) groups excluding carboxylic acids is 1. The van der Waals surface area contributed by atoms with Crippen molar-refractivity contribution in [3.8, 4) is 0 Å². The van der Waals surface area contributed by atoms with Gasteiger partial charge in [-0.2, -0.15) is 0 Å². The third-order valence-electron chi connectivity index (χ3n) is 2.88. The van der Waals surface area contributed by atoms with E-state index in [0.717, 1.165) is 25.0 Å². The molecule has 1 aromatic carbocycles. The Morgan fingerprint density at radius 2 is 1.91 bits per heavy atom. The number of carbonyl (C=O) groups is 1. The minimum absolute atomic E-state index is 0.0128. The fourth-order valence-electron chi connectivity index (χ4n) is 1.90. The Morgan fingerprint density at radius 3 is 2.50 bits per heavy atom. The number of hydrogen-bond acceptors (Lipinski definition) is 4. The van der Waals surface area contributed by atoms with E-state index in [2.05, 4.69) is 26.6 Å². The van der Waals surface area contributed by atoms with Gasteiger partial charge in [-0.3, -0.25) is 4.79 Å². The molecule has 0 N–H and O–H groups in total. The van der Waals surface area contributed by atoms with Crippen molar-refractivity contribution in [2.24, 2.45) is 0 Å². The Labute approximate surface area is 139 Å². The Kier molecular flexibility index (Phi) is 9.01. The highest BCUT2D eigenvalue weighted by atomic mass is 32.2. The van der Waals surface area contributed by atoms with Gasteiger partial charge in [-0.1, -0.05) is 55.4 Å². The molecule has 0 aliphatic heterocycles. The van der Waals surface area contributed by atoms with Crippen LogP contribution in [0.2, 0.25) is 19.6 Å². The predicted molar refractivity (Wildman–Crippen MR) is 97.2 cm³/mol. The number of hydrogen-bond donors (Lipinski definition) is 0. The molecule has 1 rings (SSSR count). The van der Waals surface area contributed by atoms with E-state index in [1.54, 1.807) is 0 Å². The summed E-state index contributed by atoms with van der Waals surface area (Å²) < 4.78 is 11.8. The summed E-state index contributed by atoms with van der Waals surface area (Å²) in [5, 5.41) is 0.0957. The van der Waals surface area contributed by atoms with Gasteiger partial charge in [0, 0.05) is 17.9 Å². The lowest BCUT2D eigenvalue weighted by molar-refractivity contribution is 0.0558. The lowest BCUT2D eigenvalue weighted by atomic mass is 10.2. The molecule has 1 atom stereocenters. The highest BCUT2D eigenvalue weighted by molar-refractivity contribution is 8.14. The maximum atomic E-state index is 12.2. The highest BCUT2D eigenvalue weighted by Crippen LogP contribution is 2.17. The average Bonchev–Trinajstić information content (AvgIpc) is 2.48. The monoisotopic (exact) mass is 340 g/mol. The maximum Gasteiger partial charge on any atom is 0.219 e. The molecule has 1 aromatic rings. The first-order valence-corrected chi connectivity index (χ1v) is 12.3. The Hall–Kier alpha value is -0.623. The van der Waals surface area contributed by atoms with Gasteiger partial charge in [0.25, 0.3) is 0 Å². The standard InChI is InChI=1S/C17H28O3SSi/c1-5-6-12-19-13-16(20-22(2,3)4)14-21-17(18)15-10-8-7-9-11-15/h7-11,16H,5-6,12-14H2,1-4H3. The summed E-state index contributed by atoms with van der Waals surface area (Å²) in [5.74, 6) is 0.643. The first-order chi connectivity index (χ1) is 10.4. The molecule has 124 valence electrons. The summed E-state index contributed by atoms with van der Waals surface area (Å²) in [6.45, 7) is 9.97. The van der Waals surface area contributed by atoms with Gasteiger partial charge in [0.2, 0.25) is 5.12 Å². The van der Waals surface area contributed by atoms with Gasteiger partial charge in [-0.25, -0.2) is 0 Å². The molecule has 22 heavy (non-hydrogen) atoms. The number of rotatable bonds is 10. The van der Waals surface area contributed by atoms with Crippen molar-refractivity contribution >= 4 is 25.2 Å². The van der Waals surface area contributed by atoms with Crippen LogP contribution in [0, 0.1) is 0 Å². The average molecular weight is 341 g/mol. The Morgan fingerprint density at radius 1 is 1.23 bits per heavy atom. The van der Waals surface area contributed by atoms with Crippen LogP contribution in [-0.4, -0.2) is 38.5 Å². The van der Waals surface area contributed by atoms with E-state index in [0.29, 0.717) is 12.4 Å². The van der Waals surface area contributed by atoms with Crippen LogP contribution < -0.4 is 0 Å². The molecule has 0 bridgehead atoms. The van der Waals surface area contributed by atoms with Crippen LogP contribution in [0.15, 0.2) is 30.3 Å². The van der Waals surface area contributed by atoms with E-state index in [-0.39, 0.29) is 11.2 Å². The summed E-state index contributed by atoms with van der Waals surface area (Å²) in [4.78, 5) is 12.2. The molecule has 0 saturated carbocycles. The van der Waals surface area contributed by atoms with Crippen LogP contribution in [0.25, 0.3) is 0 Å². The zero-order valence-corrected chi connectivity index (χ0v) is 15.9. The van der Waals surface area contributed by atoms with Gasteiger partial charge < -0.3 is 9.16 Å². The predicted octanol–water partition coefficient (Wildman–Crippen LogP) is 4.60. The van der Waals surface area contributed by atoms with Crippen LogP contribution in [-0.2, 0) is 9.16 Å². The van der Waals surface area contributed by atoms with Crippen LogP contribution >= 0.6 is 11.8 Å². The summed E-state index contributed by atoms with van der Waals surface area (Å²) in [6.07, 6.45) is 2.18. The molecule has 3 nitrogen and oxygen atoms in total. The number of unbranched alkanes of at least 4 members (excludes halogenated alkanes) is 1. The maximum absolute atomic E-state index is 12.2. The summed E-state index contributed by atoms with van der Waals surface area (Å²) in [6, 6.07) is 9.39. The molecule has 5 heteroatoms. The molecule has 1 unspecified atom stereocenters.